The molecule has 1 N–H and O–H groups in total. The van der Waals surface area contributed by atoms with Crippen LogP contribution in [0.1, 0.15) is 31.4 Å². The maximum atomic E-state index is 13.9. The highest BCUT2D eigenvalue weighted by molar-refractivity contribution is 5.94. The lowest BCUT2D eigenvalue weighted by Crippen LogP contribution is -2.26. The lowest BCUT2D eigenvalue weighted by Gasteiger charge is -2.18. The summed E-state index contributed by atoms with van der Waals surface area (Å²) in [5, 5.41) is 3.14. The minimum Gasteiger partial charge on any atom is -0.348 e. The van der Waals surface area contributed by atoms with E-state index in [4.69, 9.17) is 0 Å². The van der Waals surface area contributed by atoms with Crippen molar-refractivity contribution in [1.29, 1.82) is 0 Å². The number of aromatic nitrogens is 2. The molecule has 0 spiro atoms. The quantitative estimate of drug-likeness (QED) is 0.943. The predicted octanol–water partition coefficient (Wildman–Crippen LogP) is 2.92. The lowest BCUT2D eigenvalue weighted by atomic mass is 10.1. The van der Waals surface area contributed by atoms with Crippen LogP contribution in [0.25, 0.3) is 0 Å². The summed E-state index contributed by atoms with van der Waals surface area (Å²) < 4.78 is 13.9. The van der Waals surface area contributed by atoms with Crippen LogP contribution in [0.3, 0.4) is 0 Å². The number of anilines is 2. The van der Waals surface area contributed by atoms with Gasteiger partial charge in [0.1, 0.15) is 0 Å². The van der Waals surface area contributed by atoms with Crippen molar-refractivity contribution >= 4 is 17.7 Å². The maximum Gasteiger partial charge on any atom is 0.228 e. The third-order valence-electron chi connectivity index (χ3n) is 3.70. The average Bonchev–Trinajstić information content (AvgIpc) is 2.96. The van der Waals surface area contributed by atoms with E-state index in [1.807, 2.05) is 37.3 Å². The Hall–Kier alpha value is -2.50. The monoisotopic (exact) mass is 300 g/mol. The molecule has 0 bridgehead atoms. The highest BCUT2D eigenvalue weighted by Crippen LogP contribution is 2.24. The lowest BCUT2D eigenvalue weighted by molar-refractivity contribution is -0.117. The Balaban J connectivity index is 1.82. The zero-order valence-electron chi connectivity index (χ0n) is 12.3. The van der Waals surface area contributed by atoms with Gasteiger partial charge in [0, 0.05) is 13.0 Å². The van der Waals surface area contributed by atoms with Crippen LogP contribution in [0.15, 0.2) is 36.5 Å². The van der Waals surface area contributed by atoms with E-state index in [1.165, 1.54) is 4.90 Å². The van der Waals surface area contributed by atoms with Gasteiger partial charge in [-0.15, -0.1) is 0 Å². The summed E-state index contributed by atoms with van der Waals surface area (Å²) in [5.74, 6) is -0.305. The van der Waals surface area contributed by atoms with Gasteiger partial charge in [-0.3, -0.25) is 9.69 Å². The molecule has 22 heavy (non-hydrogen) atoms. The summed E-state index contributed by atoms with van der Waals surface area (Å²) in [5.41, 5.74) is 1.08. The Labute approximate surface area is 128 Å². The number of hydrogen-bond donors (Lipinski definition) is 1. The van der Waals surface area contributed by atoms with Crippen LogP contribution in [0.4, 0.5) is 16.2 Å². The summed E-state index contributed by atoms with van der Waals surface area (Å²) in [7, 11) is 0. The molecule has 0 radical (unpaired) electrons. The highest BCUT2D eigenvalue weighted by atomic mass is 19.1. The van der Waals surface area contributed by atoms with Crippen molar-refractivity contribution in [2.75, 3.05) is 16.8 Å². The topological polar surface area (TPSA) is 58.1 Å². The first kappa shape index (κ1) is 14.4. The van der Waals surface area contributed by atoms with E-state index in [9.17, 15) is 9.18 Å². The molecule has 1 atom stereocenters. The third-order valence-corrected chi connectivity index (χ3v) is 3.70. The van der Waals surface area contributed by atoms with Gasteiger partial charge in [0.05, 0.1) is 12.2 Å². The van der Waals surface area contributed by atoms with Crippen LogP contribution >= 0.6 is 0 Å². The Bertz CT molecular complexity index is 677. The van der Waals surface area contributed by atoms with Crippen molar-refractivity contribution in [2.45, 2.75) is 25.8 Å². The number of nitrogens with zero attached hydrogens (tertiary/aromatic N) is 3. The van der Waals surface area contributed by atoms with E-state index in [1.54, 1.807) is 0 Å². The van der Waals surface area contributed by atoms with E-state index < -0.39 is 5.82 Å². The zero-order valence-corrected chi connectivity index (χ0v) is 12.3. The van der Waals surface area contributed by atoms with Gasteiger partial charge in [-0.2, -0.15) is 4.98 Å². The van der Waals surface area contributed by atoms with Crippen LogP contribution < -0.4 is 10.2 Å². The van der Waals surface area contributed by atoms with E-state index in [2.05, 4.69) is 15.3 Å². The maximum absolute atomic E-state index is 13.9. The molecule has 1 aromatic carbocycles. The molecule has 1 amide bonds. The molecule has 0 saturated carbocycles. The number of hydrogen-bond acceptors (Lipinski definition) is 4. The molecular formula is C16H17FN4O. The van der Waals surface area contributed by atoms with Crippen LogP contribution in [0.5, 0.6) is 0 Å². The van der Waals surface area contributed by atoms with Crippen LogP contribution in [0.2, 0.25) is 0 Å². The molecule has 1 fully saturated rings. The van der Waals surface area contributed by atoms with Crippen molar-refractivity contribution in [3.05, 3.63) is 47.9 Å². The SMILES string of the molecule is C[C@H](Nc1ncc(F)c(N2CCCC2=O)n1)c1ccccc1. The van der Waals surface area contributed by atoms with Crippen LogP contribution in [-0.2, 0) is 4.79 Å². The summed E-state index contributed by atoms with van der Waals surface area (Å²) in [6, 6.07) is 9.81. The third kappa shape index (κ3) is 2.90. The van der Waals surface area contributed by atoms with Crippen LogP contribution in [0, 0.1) is 5.82 Å². The van der Waals surface area contributed by atoms with Crippen molar-refractivity contribution in [3.8, 4) is 0 Å². The molecule has 1 aliphatic rings. The molecule has 2 aromatic rings. The zero-order chi connectivity index (χ0) is 15.5. The first-order valence-electron chi connectivity index (χ1n) is 7.29. The molecule has 1 saturated heterocycles. The largest absolute Gasteiger partial charge is 0.348 e. The van der Waals surface area contributed by atoms with Crippen molar-refractivity contribution in [2.24, 2.45) is 0 Å². The van der Waals surface area contributed by atoms with Gasteiger partial charge >= 0.3 is 0 Å². The van der Waals surface area contributed by atoms with Gasteiger partial charge in [0.25, 0.3) is 0 Å². The van der Waals surface area contributed by atoms with Gasteiger partial charge in [-0.05, 0) is 18.9 Å². The summed E-state index contributed by atoms with van der Waals surface area (Å²) in [4.78, 5) is 21.3. The molecule has 0 unspecified atom stereocenters. The van der Waals surface area contributed by atoms with E-state index in [0.717, 1.165) is 18.2 Å². The second kappa shape index (κ2) is 6.09. The summed E-state index contributed by atoms with van der Waals surface area (Å²) in [6.45, 7) is 2.48. The number of amides is 1. The second-order valence-electron chi connectivity index (χ2n) is 5.29. The Morgan fingerprint density at radius 3 is 2.77 bits per heavy atom. The van der Waals surface area contributed by atoms with Gasteiger partial charge in [-0.25, -0.2) is 9.37 Å². The minimum absolute atomic E-state index is 0.0196. The fraction of sp³-hybridized carbons (Fsp3) is 0.312. The van der Waals surface area contributed by atoms with Crippen molar-refractivity contribution in [3.63, 3.8) is 0 Å². The first-order chi connectivity index (χ1) is 10.6. The van der Waals surface area contributed by atoms with Crippen molar-refractivity contribution < 1.29 is 9.18 Å². The number of carbonyl (C=O) groups is 1. The fourth-order valence-electron chi connectivity index (χ4n) is 2.51. The van der Waals surface area contributed by atoms with Gasteiger partial charge in [0.2, 0.25) is 11.9 Å². The molecule has 2 heterocycles. The Morgan fingerprint density at radius 2 is 2.09 bits per heavy atom. The second-order valence-corrected chi connectivity index (χ2v) is 5.29. The standard InChI is InChI=1S/C16H17FN4O/c1-11(12-6-3-2-4-7-12)19-16-18-10-13(17)15(20-16)21-9-5-8-14(21)22/h2-4,6-7,10-11H,5,8-9H2,1H3,(H,18,19,20)/t11-/m0/s1. The molecule has 114 valence electrons. The van der Waals surface area contributed by atoms with Gasteiger partial charge in [-0.1, -0.05) is 30.3 Å². The molecule has 3 rings (SSSR count). The summed E-state index contributed by atoms with van der Waals surface area (Å²) >= 11 is 0. The Kier molecular flexibility index (Phi) is 4.00. The molecular weight excluding hydrogens is 283 g/mol. The number of halogens is 1. The summed E-state index contributed by atoms with van der Waals surface area (Å²) in [6.07, 6.45) is 2.27. The number of carbonyl (C=O) groups excluding carboxylic acids is 1. The molecule has 1 aliphatic heterocycles. The Morgan fingerprint density at radius 1 is 1.32 bits per heavy atom. The highest BCUT2D eigenvalue weighted by Gasteiger charge is 2.26. The fourth-order valence-corrected chi connectivity index (χ4v) is 2.51. The smallest absolute Gasteiger partial charge is 0.228 e. The molecule has 5 nitrogen and oxygen atoms in total. The van der Waals surface area contributed by atoms with Crippen molar-refractivity contribution in [1.82, 2.24) is 9.97 Å². The normalized spacial score (nSPS) is 15.9. The first-order valence-corrected chi connectivity index (χ1v) is 7.29. The number of rotatable bonds is 4. The number of nitrogens with one attached hydrogen (secondary N) is 1. The van der Waals surface area contributed by atoms with Gasteiger partial charge in [0.15, 0.2) is 11.6 Å². The van der Waals surface area contributed by atoms with E-state index >= 15 is 0 Å². The molecule has 6 heteroatoms. The number of benzene rings is 1. The van der Waals surface area contributed by atoms with Crippen LogP contribution in [-0.4, -0.2) is 22.4 Å². The molecule has 0 aliphatic carbocycles. The molecule has 1 aromatic heterocycles. The van der Waals surface area contributed by atoms with E-state index in [-0.39, 0.29) is 17.8 Å². The average molecular weight is 300 g/mol. The van der Waals surface area contributed by atoms with Gasteiger partial charge < -0.3 is 5.32 Å². The van der Waals surface area contributed by atoms with E-state index in [0.29, 0.717) is 18.9 Å². The minimum atomic E-state index is -0.576. The predicted molar refractivity (Wildman–Crippen MR) is 82.1 cm³/mol.